The molecule has 8 nitrogen and oxygen atoms in total. The van der Waals surface area contributed by atoms with Gasteiger partial charge in [-0.25, -0.2) is 8.42 Å². The molecule has 0 aliphatic carbocycles. The summed E-state index contributed by atoms with van der Waals surface area (Å²) in [5.74, 6) is -0.739. The van der Waals surface area contributed by atoms with Crippen LogP contribution in [0.5, 0.6) is 5.75 Å². The molecular weight excluding hydrogens is 454 g/mol. The van der Waals surface area contributed by atoms with Crippen LogP contribution >= 0.6 is 0 Å². The van der Waals surface area contributed by atoms with Crippen molar-refractivity contribution in [3.05, 3.63) is 59.2 Å². The molecule has 1 heterocycles. The van der Waals surface area contributed by atoms with Gasteiger partial charge in [0.2, 0.25) is 10.0 Å². The molecule has 0 saturated carbocycles. The summed E-state index contributed by atoms with van der Waals surface area (Å²) < 4.78 is 33.5. The number of amides is 2. The number of benzene rings is 2. The molecule has 1 aliphatic heterocycles. The van der Waals surface area contributed by atoms with Gasteiger partial charge >= 0.3 is 11.8 Å². The summed E-state index contributed by atoms with van der Waals surface area (Å²) in [5.41, 5.74) is 2.46. The van der Waals surface area contributed by atoms with Gasteiger partial charge in [0.25, 0.3) is 0 Å². The van der Waals surface area contributed by atoms with Crippen LogP contribution in [0.3, 0.4) is 0 Å². The van der Waals surface area contributed by atoms with Gasteiger partial charge in [-0.15, -0.1) is 0 Å². The fourth-order valence-corrected chi connectivity index (χ4v) is 6.16. The van der Waals surface area contributed by atoms with E-state index >= 15 is 0 Å². The van der Waals surface area contributed by atoms with Crippen molar-refractivity contribution in [2.75, 3.05) is 20.2 Å². The third-order valence-corrected chi connectivity index (χ3v) is 8.18. The first-order valence-electron chi connectivity index (χ1n) is 11.5. The number of ether oxygens (including phenoxy) is 1. The van der Waals surface area contributed by atoms with E-state index in [1.807, 2.05) is 31.2 Å². The Balaban J connectivity index is 1.54. The van der Waals surface area contributed by atoms with Crippen molar-refractivity contribution in [1.29, 1.82) is 0 Å². The summed E-state index contributed by atoms with van der Waals surface area (Å²) in [6, 6.07) is 12.4. The zero-order valence-corrected chi connectivity index (χ0v) is 20.8. The Bertz CT molecular complexity index is 1120. The van der Waals surface area contributed by atoms with Gasteiger partial charge in [0.1, 0.15) is 5.75 Å². The molecule has 0 bridgehead atoms. The van der Waals surface area contributed by atoms with Crippen molar-refractivity contribution < 1.29 is 22.7 Å². The summed E-state index contributed by atoms with van der Waals surface area (Å²) in [4.78, 5) is 24.7. The van der Waals surface area contributed by atoms with Gasteiger partial charge in [-0.2, -0.15) is 4.31 Å². The van der Waals surface area contributed by atoms with Crippen LogP contribution in [0.25, 0.3) is 0 Å². The van der Waals surface area contributed by atoms with E-state index in [9.17, 15) is 18.0 Å². The maximum atomic E-state index is 13.4. The van der Waals surface area contributed by atoms with Gasteiger partial charge in [-0.1, -0.05) is 30.7 Å². The molecule has 0 radical (unpaired) electrons. The second-order valence-corrected chi connectivity index (χ2v) is 10.5. The summed E-state index contributed by atoms with van der Waals surface area (Å²) in [6.45, 7) is 4.58. The minimum atomic E-state index is -3.64. The van der Waals surface area contributed by atoms with Crippen LogP contribution in [0.4, 0.5) is 0 Å². The van der Waals surface area contributed by atoms with Crippen molar-refractivity contribution in [1.82, 2.24) is 14.9 Å². The number of nitrogens with zero attached hydrogens (tertiary/aromatic N) is 1. The number of rotatable bonds is 8. The van der Waals surface area contributed by atoms with Gasteiger partial charge in [0, 0.05) is 25.7 Å². The zero-order valence-electron chi connectivity index (χ0n) is 20.0. The van der Waals surface area contributed by atoms with Crippen LogP contribution in [0.15, 0.2) is 47.4 Å². The molecule has 2 N–H and O–H groups in total. The molecule has 3 rings (SSSR count). The Morgan fingerprint density at radius 1 is 1.03 bits per heavy atom. The highest BCUT2D eigenvalue weighted by molar-refractivity contribution is 7.89. The maximum Gasteiger partial charge on any atom is 0.309 e. The normalized spacial score (nSPS) is 16.6. The van der Waals surface area contributed by atoms with Gasteiger partial charge in [0.15, 0.2) is 0 Å². The SMILES string of the molecule is COc1ccc(CNC(=O)C(=O)NCCC2CCCCN2S(=O)(=O)c2cc(C)ccc2C)cc1. The van der Waals surface area contributed by atoms with Gasteiger partial charge in [-0.3, -0.25) is 9.59 Å². The lowest BCUT2D eigenvalue weighted by molar-refractivity contribution is -0.139. The molecule has 34 heavy (non-hydrogen) atoms. The van der Waals surface area contributed by atoms with Crippen molar-refractivity contribution in [2.24, 2.45) is 0 Å². The monoisotopic (exact) mass is 487 g/mol. The molecule has 1 aliphatic rings. The summed E-state index contributed by atoms with van der Waals surface area (Å²) >= 11 is 0. The second-order valence-electron chi connectivity index (χ2n) is 8.61. The average Bonchev–Trinajstić information content (AvgIpc) is 2.84. The third-order valence-electron chi connectivity index (χ3n) is 6.08. The first-order chi connectivity index (χ1) is 16.2. The van der Waals surface area contributed by atoms with E-state index in [0.29, 0.717) is 23.6 Å². The molecule has 2 amide bonds. The molecule has 2 aromatic rings. The number of piperidine rings is 1. The smallest absolute Gasteiger partial charge is 0.309 e. The molecule has 1 unspecified atom stereocenters. The molecule has 0 spiro atoms. The van der Waals surface area contributed by atoms with Crippen LogP contribution in [0.1, 0.15) is 42.4 Å². The van der Waals surface area contributed by atoms with Crippen LogP contribution < -0.4 is 15.4 Å². The average molecular weight is 488 g/mol. The van der Waals surface area contributed by atoms with Gasteiger partial charge in [0.05, 0.1) is 12.0 Å². The molecule has 9 heteroatoms. The van der Waals surface area contributed by atoms with Crippen molar-refractivity contribution in [3.8, 4) is 5.75 Å². The largest absolute Gasteiger partial charge is 0.497 e. The van der Waals surface area contributed by atoms with Crippen LogP contribution in [0, 0.1) is 13.8 Å². The van der Waals surface area contributed by atoms with E-state index in [0.717, 1.165) is 36.0 Å². The van der Waals surface area contributed by atoms with Crippen LogP contribution in [-0.4, -0.2) is 50.8 Å². The van der Waals surface area contributed by atoms with E-state index < -0.39 is 21.8 Å². The zero-order chi connectivity index (χ0) is 24.7. The third kappa shape index (κ3) is 6.36. The fraction of sp³-hybridized carbons (Fsp3) is 0.440. The highest BCUT2D eigenvalue weighted by Gasteiger charge is 2.34. The van der Waals surface area contributed by atoms with Gasteiger partial charge in [-0.05, 0) is 68.0 Å². The minimum Gasteiger partial charge on any atom is -0.497 e. The first kappa shape index (κ1) is 25.7. The Morgan fingerprint density at radius 3 is 2.44 bits per heavy atom. The Kier molecular flexibility index (Phi) is 8.68. The Morgan fingerprint density at radius 2 is 1.74 bits per heavy atom. The maximum absolute atomic E-state index is 13.4. The summed E-state index contributed by atoms with van der Waals surface area (Å²) in [5, 5.41) is 5.22. The predicted molar refractivity (Wildman–Crippen MR) is 130 cm³/mol. The molecule has 1 fully saturated rings. The number of carbonyl (C=O) groups excluding carboxylic acids is 2. The lowest BCUT2D eigenvalue weighted by Crippen LogP contribution is -2.46. The number of hydrogen-bond donors (Lipinski definition) is 2. The quantitative estimate of drug-likeness (QED) is 0.557. The number of carbonyl (C=O) groups is 2. The molecule has 2 aromatic carbocycles. The molecule has 1 saturated heterocycles. The summed E-state index contributed by atoms with van der Waals surface area (Å²) in [7, 11) is -2.07. The fourth-order valence-electron chi connectivity index (χ4n) is 4.13. The lowest BCUT2D eigenvalue weighted by Gasteiger charge is -2.35. The van der Waals surface area contributed by atoms with Crippen molar-refractivity contribution in [3.63, 3.8) is 0 Å². The van der Waals surface area contributed by atoms with Crippen molar-refractivity contribution >= 4 is 21.8 Å². The van der Waals surface area contributed by atoms with E-state index in [2.05, 4.69) is 10.6 Å². The lowest BCUT2D eigenvalue weighted by atomic mass is 10.0. The standard InChI is InChI=1S/C25H33N3O5S/c1-18-7-8-19(2)23(16-18)34(31,32)28-15-5-4-6-21(28)13-14-26-24(29)25(30)27-17-20-9-11-22(33-3)12-10-20/h7-12,16,21H,4-6,13-15,17H2,1-3H3,(H,26,29)(H,27,30). The number of sulfonamides is 1. The van der Waals surface area contributed by atoms with Crippen LogP contribution in [0.2, 0.25) is 0 Å². The van der Waals surface area contributed by atoms with Crippen LogP contribution in [-0.2, 0) is 26.2 Å². The number of methoxy groups -OCH3 is 1. The minimum absolute atomic E-state index is 0.221. The van der Waals surface area contributed by atoms with E-state index in [4.69, 9.17) is 4.74 Å². The van der Waals surface area contributed by atoms with E-state index in [-0.39, 0.29) is 19.1 Å². The summed E-state index contributed by atoms with van der Waals surface area (Å²) in [6.07, 6.45) is 2.91. The Hall–Kier alpha value is -2.91. The molecule has 0 aromatic heterocycles. The second kappa shape index (κ2) is 11.5. The van der Waals surface area contributed by atoms with Gasteiger partial charge < -0.3 is 15.4 Å². The predicted octanol–water partition coefficient (Wildman–Crippen LogP) is 2.68. The Labute approximate surface area is 201 Å². The highest BCUT2D eigenvalue weighted by Crippen LogP contribution is 2.29. The molecule has 1 atom stereocenters. The molecular formula is C25H33N3O5S. The number of hydrogen-bond acceptors (Lipinski definition) is 5. The first-order valence-corrected chi connectivity index (χ1v) is 12.9. The van der Waals surface area contributed by atoms with E-state index in [1.165, 1.54) is 0 Å². The van der Waals surface area contributed by atoms with E-state index in [1.54, 1.807) is 36.5 Å². The van der Waals surface area contributed by atoms with Crippen molar-refractivity contribution in [2.45, 2.75) is 57.0 Å². The number of aryl methyl sites for hydroxylation is 2. The topological polar surface area (TPSA) is 105 Å². The number of nitrogens with one attached hydrogen (secondary N) is 2. The molecule has 184 valence electrons. The highest BCUT2D eigenvalue weighted by atomic mass is 32.2.